The van der Waals surface area contributed by atoms with E-state index in [0.717, 1.165) is 18.5 Å². The molecule has 0 aromatic heterocycles. The smallest absolute Gasteiger partial charge is 0.251 e. The molecule has 3 fully saturated rings. The van der Waals surface area contributed by atoms with Crippen molar-refractivity contribution in [3.63, 3.8) is 0 Å². The Bertz CT molecular complexity index is 1800. The molecular weight excluding hydrogens is 673 g/mol. The minimum atomic E-state index is -4.37. The summed E-state index contributed by atoms with van der Waals surface area (Å²) in [5.41, 5.74) is 1.87. The quantitative estimate of drug-likeness (QED) is 0.375. The van der Waals surface area contributed by atoms with Gasteiger partial charge in [0.25, 0.3) is 5.91 Å². The van der Waals surface area contributed by atoms with Gasteiger partial charge < -0.3 is 20.0 Å². The third kappa shape index (κ3) is 6.31. The van der Waals surface area contributed by atoms with Crippen molar-refractivity contribution < 1.29 is 22.8 Å². The van der Waals surface area contributed by atoms with Gasteiger partial charge in [0.2, 0.25) is 21.8 Å². The predicted octanol–water partition coefficient (Wildman–Crippen LogP) is 4.29. The van der Waals surface area contributed by atoms with Gasteiger partial charge in [-0.3, -0.25) is 14.4 Å². The van der Waals surface area contributed by atoms with Gasteiger partial charge in [-0.05, 0) is 73.0 Å². The normalized spacial score (nSPS) is 22.1. The molecule has 2 heterocycles. The van der Waals surface area contributed by atoms with E-state index in [1.54, 1.807) is 53.4 Å². The molecule has 3 aromatic carbocycles. The van der Waals surface area contributed by atoms with Crippen LogP contribution in [-0.2, 0) is 26.0 Å². The number of hydrogen-bond acceptors (Lipinski definition) is 6. The van der Waals surface area contributed by atoms with E-state index < -0.39 is 40.1 Å². The Kier molecular flexibility index (Phi) is 8.99. The van der Waals surface area contributed by atoms with Crippen LogP contribution < -0.4 is 10.2 Å². The van der Waals surface area contributed by atoms with E-state index in [1.807, 2.05) is 19.0 Å². The summed E-state index contributed by atoms with van der Waals surface area (Å²) in [5.74, 6) is -1.38. The molecule has 0 bridgehead atoms. The highest BCUT2D eigenvalue weighted by Crippen LogP contribution is 2.38. The Morgan fingerprint density at radius 2 is 1.61 bits per heavy atom. The maximum atomic E-state index is 14.4. The summed E-state index contributed by atoms with van der Waals surface area (Å²) in [6.45, 7) is -0.377. The summed E-state index contributed by atoms with van der Waals surface area (Å²) in [5, 5.41) is 3.39. The summed E-state index contributed by atoms with van der Waals surface area (Å²) in [7, 11) is -0.622. The summed E-state index contributed by atoms with van der Waals surface area (Å²) in [6.07, 6.45) is 0.640. The van der Waals surface area contributed by atoms with Gasteiger partial charge in [-0.25, -0.2) is 8.42 Å². The van der Waals surface area contributed by atoms with Gasteiger partial charge in [0.15, 0.2) is 0 Å². The lowest BCUT2D eigenvalue weighted by Crippen LogP contribution is -2.76. The first-order chi connectivity index (χ1) is 21.8. The minimum absolute atomic E-state index is 0.0155. The average molecular weight is 705 g/mol. The van der Waals surface area contributed by atoms with E-state index in [9.17, 15) is 22.8 Å². The number of piperazine rings is 1. The van der Waals surface area contributed by atoms with E-state index in [4.69, 9.17) is 34.8 Å². The number of benzene rings is 3. The first kappa shape index (κ1) is 32.6. The first-order valence-electron chi connectivity index (χ1n) is 14.8. The third-order valence-electron chi connectivity index (χ3n) is 8.57. The molecule has 1 N–H and O–H groups in total. The van der Waals surface area contributed by atoms with Gasteiger partial charge in [0.1, 0.15) is 23.1 Å². The summed E-state index contributed by atoms with van der Waals surface area (Å²) in [4.78, 5) is 46.5. The second kappa shape index (κ2) is 12.7. The standard InChI is InChI=1S/C32H32Cl3N5O5S/c1-37(2)23-9-6-20(7-10-23)30(41)36-26-17-39(46(44,45)28-13-8-22(34)16-25(28)35)29-18-38(24-11-12-24)32(43)27(40(29)31(26)42)15-19-4-3-5-21(33)14-19/h3-10,13-14,16,24,26-27,29H,11-12,15,17-18H2,1-2H3,(H,36,41). The molecule has 6 rings (SSSR count). The van der Waals surface area contributed by atoms with E-state index in [1.165, 1.54) is 27.4 Å². The summed E-state index contributed by atoms with van der Waals surface area (Å²) >= 11 is 18.8. The van der Waals surface area contributed by atoms with Crippen molar-refractivity contribution in [3.8, 4) is 0 Å². The number of fused-ring (bicyclic) bond motifs is 1. The van der Waals surface area contributed by atoms with E-state index >= 15 is 0 Å². The summed E-state index contributed by atoms with van der Waals surface area (Å²) in [6, 6.07) is 15.5. The topological polar surface area (TPSA) is 110 Å². The number of carbonyl (C=O) groups is 3. The van der Waals surface area contributed by atoms with Crippen molar-refractivity contribution in [1.82, 2.24) is 19.4 Å². The maximum Gasteiger partial charge on any atom is 0.251 e. The van der Waals surface area contributed by atoms with Crippen LogP contribution >= 0.6 is 34.8 Å². The molecule has 14 heteroatoms. The summed E-state index contributed by atoms with van der Waals surface area (Å²) < 4.78 is 30.0. The zero-order valence-electron chi connectivity index (χ0n) is 25.1. The molecule has 3 aromatic rings. The van der Waals surface area contributed by atoms with Crippen LogP contribution in [0.4, 0.5) is 5.69 Å². The van der Waals surface area contributed by atoms with Crippen LogP contribution in [0.25, 0.3) is 0 Å². The lowest BCUT2D eigenvalue weighted by atomic mass is 9.97. The van der Waals surface area contributed by atoms with Crippen molar-refractivity contribution in [3.05, 3.63) is 92.9 Å². The predicted molar refractivity (Wildman–Crippen MR) is 177 cm³/mol. The lowest BCUT2D eigenvalue weighted by Gasteiger charge is -2.53. The zero-order valence-corrected chi connectivity index (χ0v) is 28.2. The van der Waals surface area contributed by atoms with E-state index in [-0.39, 0.29) is 46.4 Å². The Morgan fingerprint density at radius 1 is 0.913 bits per heavy atom. The number of halogens is 3. The van der Waals surface area contributed by atoms with Crippen molar-refractivity contribution in [2.24, 2.45) is 0 Å². The fourth-order valence-corrected chi connectivity index (χ4v) is 8.62. The second-order valence-electron chi connectivity index (χ2n) is 11.9. The van der Waals surface area contributed by atoms with Crippen LogP contribution in [0.2, 0.25) is 15.1 Å². The van der Waals surface area contributed by atoms with Gasteiger partial charge in [-0.2, -0.15) is 4.31 Å². The largest absolute Gasteiger partial charge is 0.378 e. The molecule has 2 aliphatic heterocycles. The Hall–Kier alpha value is -3.35. The zero-order chi connectivity index (χ0) is 32.9. The molecule has 3 amide bonds. The molecule has 2 saturated heterocycles. The van der Waals surface area contributed by atoms with E-state index in [0.29, 0.717) is 16.1 Å². The van der Waals surface area contributed by atoms with Gasteiger partial charge in [0, 0.05) is 54.4 Å². The maximum absolute atomic E-state index is 14.4. The molecule has 3 atom stereocenters. The highest BCUT2D eigenvalue weighted by Gasteiger charge is 2.55. The van der Waals surface area contributed by atoms with E-state index in [2.05, 4.69) is 5.32 Å². The van der Waals surface area contributed by atoms with Gasteiger partial charge in [-0.15, -0.1) is 0 Å². The molecule has 3 aliphatic rings. The third-order valence-corrected chi connectivity index (χ3v) is 11.4. The van der Waals surface area contributed by atoms with Crippen LogP contribution in [0.3, 0.4) is 0 Å². The Balaban J connectivity index is 1.42. The van der Waals surface area contributed by atoms with Crippen molar-refractivity contribution >= 4 is 68.2 Å². The lowest BCUT2D eigenvalue weighted by molar-refractivity contribution is -0.167. The fourth-order valence-electron chi connectivity index (χ4n) is 6.08. The molecule has 10 nitrogen and oxygen atoms in total. The van der Waals surface area contributed by atoms with Crippen LogP contribution in [0.15, 0.2) is 71.6 Å². The molecule has 0 radical (unpaired) electrons. The van der Waals surface area contributed by atoms with Gasteiger partial charge in [0.05, 0.1) is 11.6 Å². The molecule has 242 valence electrons. The SMILES string of the molecule is CN(C)c1ccc(C(=O)NC2CN(S(=O)(=O)c3ccc(Cl)cc3Cl)C3CN(C4CC4)C(=O)C(Cc4cccc(Cl)c4)N3C2=O)cc1. The minimum Gasteiger partial charge on any atom is -0.378 e. The number of anilines is 1. The van der Waals surface area contributed by atoms with Gasteiger partial charge in [-0.1, -0.05) is 46.9 Å². The Labute approximate surface area is 282 Å². The van der Waals surface area contributed by atoms with Crippen LogP contribution in [0.1, 0.15) is 28.8 Å². The average Bonchev–Trinajstić information content (AvgIpc) is 3.85. The molecule has 3 unspecified atom stereocenters. The van der Waals surface area contributed by atoms with Crippen LogP contribution in [0, 0.1) is 0 Å². The van der Waals surface area contributed by atoms with Crippen LogP contribution in [-0.4, -0.2) is 91.7 Å². The molecule has 0 spiro atoms. The van der Waals surface area contributed by atoms with Gasteiger partial charge >= 0.3 is 0 Å². The van der Waals surface area contributed by atoms with Crippen molar-refractivity contribution in [2.45, 2.75) is 48.4 Å². The first-order valence-corrected chi connectivity index (χ1v) is 17.3. The monoisotopic (exact) mass is 703 g/mol. The Morgan fingerprint density at radius 3 is 2.24 bits per heavy atom. The van der Waals surface area contributed by atoms with Crippen molar-refractivity contribution in [1.29, 1.82) is 0 Å². The molecular formula is C32H32Cl3N5O5S. The van der Waals surface area contributed by atoms with Crippen molar-refractivity contribution in [2.75, 3.05) is 32.1 Å². The number of carbonyl (C=O) groups excluding carboxylic acids is 3. The highest BCUT2D eigenvalue weighted by atomic mass is 35.5. The number of hydrogen-bond donors (Lipinski definition) is 1. The highest BCUT2D eigenvalue weighted by molar-refractivity contribution is 7.89. The fraction of sp³-hybridized carbons (Fsp3) is 0.344. The molecule has 1 saturated carbocycles. The second-order valence-corrected chi connectivity index (χ2v) is 15.1. The molecule has 46 heavy (non-hydrogen) atoms. The number of amides is 3. The number of rotatable bonds is 8. The number of sulfonamides is 1. The molecule has 1 aliphatic carbocycles. The van der Waals surface area contributed by atoms with Crippen LogP contribution in [0.5, 0.6) is 0 Å². The number of nitrogens with one attached hydrogen (secondary N) is 1. The number of nitrogens with zero attached hydrogens (tertiary/aromatic N) is 4.